The Morgan fingerprint density at radius 2 is 1.59 bits per heavy atom. The predicted octanol–water partition coefficient (Wildman–Crippen LogP) is 3.95. The molecular formula is C21H20F2N4OS. The third kappa shape index (κ3) is 4.54. The van der Waals surface area contributed by atoms with Crippen molar-refractivity contribution in [2.24, 2.45) is 16.1 Å². The Morgan fingerprint density at radius 3 is 2.17 bits per heavy atom. The van der Waals surface area contributed by atoms with E-state index in [1.807, 2.05) is 6.92 Å². The van der Waals surface area contributed by atoms with Crippen LogP contribution in [0, 0.1) is 17.6 Å². The summed E-state index contributed by atoms with van der Waals surface area (Å²) in [7, 11) is 0. The van der Waals surface area contributed by atoms with Crippen molar-refractivity contribution in [2.45, 2.75) is 25.4 Å². The van der Waals surface area contributed by atoms with Gasteiger partial charge in [0.2, 0.25) is 5.91 Å². The van der Waals surface area contributed by atoms with E-state index >= 15 is 0 Å². The number of carbonyl (C=O) groups is 1. The minimum atomic E-state index is -0.290. The summed E-state index contributed by atoms with van der Waals surface area (Å²) in [5.74, 6) is -0.315. The van der Waals surface area contributed by atoms with E-state index in [9.17, 15) is 13.6 Å². The van der Waals surface area contributed by atoms with Gasteiger partial charge in [-0.1, -0.05) is 43.0 Å². The number of hydrogen-bond donors (Lipinski definition) is 2. The molecule has 2 heterocycles. The number of nitrogens with one attached hydrogen (secondary N) is 2. The third-order valence-corrected chi connectivity index (χ3v) is 6.04. The molecule has 1 amide bonds. The molecule has 0 radical (unpaired) electrons. The molecule has 2 N–H and O–H groups in total. The Kier molecular flexibility index (Phi) is 5.73. The van der Waals surface area contributed by atoms with Gasteiger partial charge < -0.3 is 10.6 Å². The van der Waals surface area contributed by atoms with E-state index in [4.69, 9.17) is 0 Å². The van der Waals surface area contributed by atoms with Crippen LogP contribution >= 0.6 is 11.8 Å². The van der Waals surface area contributed by atoms with Gasteiger partial charge in [0.25, 0.3) is 0 Å². The van der Waals surface area contributed by atoms with E-state index in [2.05, 4.69) is 20.8 Å². The highest BCUT2D eigenvalue weighted by Crippen LogP contribution is 2.35. The van der Waals surface area contributed by atoms with Crippen LogP contribution in [0.25, 0.3) is 0 Å². The zero-order valence-corrected chi connectivity index (χ0v) is 16.5. The average Bonchev–Trinajstić information content (AvgIpc) is 3.14. The number of nitrogens with zero attached hydrogens (tertiary/aromatic N) is 2. The van der Waals surface area contributed by atoms with Crippen LogP contribution in [-0.4, -0.2) is 22.5 Å². The smallest absolute Gasteiger partial charge is 0.236 e. The van der Waals surface area contributed by atoms with Gasteiger partial charge in [0, 0.05) is 30.1 Å². The second-order valence-electron chi connectivity index (χ2n) is 7.13. The first-order chi connectivity index (χ1) is 14.0. The SMILES string of the molecule is CC1/C(=N/N=C2\NC(=O)CS2)CC(c2ccc(F)cc2)NC1c1ccc(F)cc1. The van der Waals surface area contributed by atoms with Gasteiger partial charge in [-0.2, -0.15) is 5.10 Å². The van der Waals surface area contributed by atoms with Crippen molar-refractivity contribution in [3.63, 3.8) is 0 Å². The molecule has 5 nitrogen and oxygen atoms in total. The molecule has 0 spiro atoms. The molecular weight excluding hydrogens is 394 g/mol. The summed E-state index contributed by atoms with van der Waals surface area (Å²) in [4.78, 5) is 11.4. The third-order valence-electron chi connectivity index (χ3n) is 5.18. The number of thioether (sulfide) groups is 1. The lowest BCUT2D eigenvalue weighted by molar-refractivity contribution is -0.116. The first kappa shape index (κ1) is 19.7. The fourth-order valence-corrected chi connectivity index (χ4v) is 4.22. The van der Waals surface area contributed by atoms with Crippen LogP contribution in [0.15, 0.2) is 58.7 Å². The van der Waals surface area contributed by atoms with Crippen molar-refractivity contribution in [3.8, 4) is 0 Å². The molecule has 4 rings (SSSR count). The summed E-state index contributed by atoms with van der Waals surface area (Å²) in [6.07, 6.45) is 0.597. The zero-order valence-electron chi connectivity index (χ0n) is 15.7. The van der Waals surface area contributed by atoms with Crippen molar-refractivity contribution in [1.29, 1.82) is 0 Å². The molecule has 29 heavy (non-hydrogen) atoms. The van der Waals surface area contributed by atoms with Crippen LogP contribution < -0.4 is 10.6 Å². The lowest BCUT2D eigenvalue weighted by Gasteiger charge is -2.37. The Bertz CT molecular complexity index is 960. The van der Waals surface area contributed by atoms with Crippen LogP contribution in [0.1, 0.15) is 36.6 Å². The average molecular weight is 414 g/mol. The van der Waals surface area contributed by atoms with Crippen molar-refractivity contribution in [1.82, 2.24) is 10.6 Å². The van der Waals surface area contributed by atoms with Crippen LogP contribution in [-0.2, 0) is 4.79 Å². The second-order valence-corrected chi connectivity index (χ2v) is 8.09. The Balaban J connectivity index is 1.66. The van der Waals surface area contributed by atoms with Gasteiger partial charge in [-0.15, -0.1) is 5.10 Å². The maximum Gasteiger partial charge on any atom is 0.236 e. The van der Waals surface area contributed by atoms with Crippen molar-refractivity contribution in [2.75, 3.05) is 5.75 Å². The van der Waals surface area contributed by atoms with Gasteiger partial charge in [0.1, 0.15) is 11.6 Å². The largest absolute Gasteiger partial charge is 0.303 e. The van der Waals surface area contributed by atoms with Crippen LogP contribution in [0.2, 0.25) is 0 Å². The molecule has 2 aromatic carbocycles. The summed E-state index contributed by atoms with van der Waals surface area (Å²) in [6, 6.07) is 12.6. The summed E-state index contributed by atoms with van der Waals surface area (Å²) in [5.41, 5.74) is 2.74. The first-order valence-corrected chi connectivity index (χ1v) is 10.3. The van der Waals surface area contributed by atoms with Gasteiger partial charge in [-0.25, -0.2) is 8.78 Å². The van der Waals surface area contributed by atoms with E-state index in [-0.39, 0.29) is 35.5 Å². The highest BCUT2D eigenvalue weighted by atomic mass is 32.2. The number of halogens is 2. The lowest BCUT2D eigenvalue weighted by atomic mass is 9.81. The molecule has 2 fully saturated rings. The maximum atomic E-state index is 13.4. The summed E-state index contributed by atoms with van der Waals surface area (Å²) in [6.45, 7) is 2.04. The van der Waals surface area contributed by atoms with E-state index in [0.29, 0.717) is 17.3 Å². The minimum Gasteiger partial charge on any atom is -0.303 e. The van der Waals surface area contributed by atoms with Crippen molar-refractivity contribution in [3.05, 3.63) is 71.3 Å². The van der Waals surface area contributed by atoms with Gasteiger partial charge in [0.05, 0.1) is 5.75 Å². The number of amides is 1. The van der Waals surface area contributed by atoms with Crippen molar-refractivity contribution >= 4 is 28.5 Å². The molecule has 0 aromatic heterocycles. The molecule has 2 aliphatic rings. The molecule has 2 aliphatic heterocycles. The highest BCUT2D eigenvalue weighted by molar-refractivity contribution is 8.15. The highest BCUT2D eigenvalue weighted by Gasteiger charge is 2.34. The van der Waals surface area contributed by atoms with Crippen LogP contribution in [0.5, 0.6) is 0 Å². The number of benzene rings is 2. The van der Waals surface area contributed by atoms with Crippen LogP contribution in [0.4, 0.5) is 8.78 Å². The zero-order chi connectivity index (χ0) is 20.4. The Hall–Kier alpha value is -2.58. The predicted molar refractivity (Wildman–Crippen MR) is 111 cm³/mol. The summed E-state index contributed by atoms with van der Waals surface area (Å²) in [5, 5.41) is 15.4. The van der Waals surface area contributed by atoms with Gasteiger partial charge in [0.15, 0.2) is 5.17 Å². The van der Waals surface area contributed by atoms with Gasteiger partial charge in [-0.05, 0) is 35.4 Å². The van der Waals surface area contributed by atoms with E-state index in [1.165, 1.54) is 36.0 Å². The Morgan fingerprint density at radius 1 is 0.966 bits per heavy atom. The Labute approximate surface area is 171 Å². The number of hydrogen-bond acceptors (Lipinski definition) is 5. The van der Waals surface area contributed by atoms with Crippen LogP contribution in [0.3, 0.4) is 0 Å². The summed E-state index contributed by atoms with van der Waals surface area (Å²) < 4.78 is 26.8. The molecule has 3 unspecified atom stereocenters. The fourth-order valence-electron chi connectivity index (χ4n) is 3.59. The normalized spacial score (nSPS) is 27.4. The molecule has 8 heteroatoms. The van der Waals surface area contributed by atoms with E-state index < -0.39 is 0 Å². The number of rotatable bonds is 3. The minimum absolute atomic E-state index is 0.00335. The topological polar surface area (TPSA) is 65.8 Å². The first-order valence-electron chi connectivity index (χ1n) is 9.33. The molecule has 3 atom stereocenters. The number of carbonyl (C=O) groups excluding carboxylic acids is 1. The summed E-state index contributed by atoms with van der Waals surface area (Å²) >= 11 is 1.32. The molecule has 2 saturated heterocycles. The molecule has 150 valence electrons. The van der Waals surface area contributed by atoms with Gasteiger partial charge >= 0.3 is 0 Å². The van der Waals surface area contributed by atoms with E-state index in [1.54, 1.807) is 24.3 Å². The maximum absolute atomic E-state index is 13.4. The molecule has 2 aromatic rings. The number of piperidine rings is 1. The fraction of sp³-hybridized carbons (Fsp3) is 0.286. The standard InChI is InChI=1S/C21H20F2N4OS/c1-12-17(26-27-21-25-19(28)11-29-21)10-18(13-2-6-15(22)7-3-13)24-20(12)14-4-8-16(23)9-5-14/h2-9,12,18,20,24H,10-11H2,1H3,(H,25,27,28)/b26-17+. The monoisotopic (exact) mass is 414 g/mol. The molecule has 0 bridgehead atoms. The van der Waals surface area contributed by atoms with Crippen molar-refractivity contribution < 1.29 is 13.6 Å². The second kappa shape index (κ2) is 8.42. The number of amidine groups is 1. The van der Waals surface area contributed by atoms with E-state index in [0.717, 1.165) is 16.8 Å². The molecule has 0 saturated carbocycles. The van der Waals surface area contributed by atoms with Gasteiger partial charge in [-0.3, -0.25) is 4.79 Å². The quantitative estimate of drug-likeness (QED) is 0.748. The molecule has 0 aliphatic carbocycles. The lowest BCUT2D eigenvalue weighted by Crippen LogP contribution is -2.41.